The van der Waals surface area contributed by atoms with Gasteiger partial charge in [-0.1, -0.05) is 0 Å². The van der Waals surface area contributed by atoms with Gasteiger partial charge in [0.15, 0.2) is 11.5 Å². The van der Waals surface area contributed by atoms with Crippen LogP contribution in [0, 0.1) is 0 Å². The fraction of sp³-hybridized carbons (Fsp3) is 0.273. The Kier molecular flexibility index (Phi) is 3.64. The Labute approximate surface area is 119 Å². The van der Waals surface area contributed by atoms with E-state index in [2.05, 4.69) is 4.98 Å². The molecule has 0 aliphatic heterocycles. The molecule has 9 nitrogen and oxygen atoms in total. The van der Waals surface area contributed by atoms with Crippen molar-refractivity contribution >= 4 is 20.9 Å². The van der Waals surface area contributed by atoms with Crippen LogP contribution in [0.2, 0.25) is 0 Å². The first-order valence-electron chi connectivity index (χ1n) is 5.65. The van der Waals surface area contributed by atoms with Gasteiger partial charge in [0.1, 0.15) is 0 Å². The molecule has 1 aromatic carbocycles. The van der Waals surface area contributed by atoms with E-state index in [-0.39, 0.29) is 16.7 Å². The molecule has 114 valence electrons. The van der Waals surface area contributed by atoms with Gasteiger partial charge in [-0.3, -0.25) is 4.79 Å². The summed E-state index contributed by atoms with van der Waals surface area (Å²) in [5, 5.41) is 0.0726. The molecule has 21 heavy (non-hydrogen) atoms. The van der Waals surface area contributed by atoms with Crippen LogP contribution in [0.4, 0.5) is 0 Å². The second-order valence-corrected chi connectivity index (χ2v) is 5.91. The van der Waals surface area contributed by atoms with Gasteiger partial charge in [0.2, 0.25) is 10.0 Å². The summed E-state index contributed by atoms with van der Waals surface area (Å²) in [5.41, 5.74) is -1.53. The van der Waals surface area contributed by atoms with Gasteiger partial charge in [-0.15, -0.1) is 0 Å². The summed E-state index contributed by atoms with van der Waals surface area (Å²) in [6.07, 6.45) is 0.831. The maximum absolute atomic E-state index is 12.2. The first kappa shape index (κ1) is 14.9. The maximum Gasteiger partial charge on any atom is 0.348 e. The van der Waals surface area contributed by atoms with Crippen molar-refractivity contribution in [3.05, 3.63) is 33.0 Å². The summed E-state index contributed by atoms with van der Waals surface area (Å²) in [6, 6.07) is 2.77. The van der Waals surface area contributed by atoms with Crippen LogP contribution >= 0.6 is 0 Å². The first-order valence-corrected chi connectivity index (χ1v) is 7.55. The Morgan fingerprint density at radius 3 is 2.24 bits per heavy atom. The van der Waals surface area contributed by atoms with Crippen LogP contribution in [0.5, 0.6) is 11.5 Å². The van der Waals surface area contributed by atoms with Crippen LogP contribution in [0.1, 0.15) is 0 Å². The van der Waals surface area contributed by atoms with E-state index in [9.17, 15) is 18.0 Å². The van der Waals surface area contributed by atoms with Gasteiger partial charge >= 0.3 is 5.69 Å². The number of hydrogen-bond donors (Lipinski definition) is 2. The highest BCUT2D eigenvalue weighted by molar-refractivity contribution is 7.91. The molecule has 2 aromatic rings. The van der Waals surface area contributed by atoms with Crippen molar-refractivity contribution in [3.8, 4) is 11.5 Å². The predicted octanol–water partition coefficient (Wildman–Crippen LogP) is -0.790. The van der Waals surface area contributed by atoms with E-state index in [0.717, 1.165) is 6.26 Å². The van der Waals surface area contributed by atoms with Crippen molar-refractivity contribution < 1.29 is 17.9 Å². The molecule has 0 spiro atoms. The number of rotatable bonds is 4. The van der Waals surface area contributed by atoms with E-state index in [1.807, 2.05) is 4.83 Å². The number of ether oxygens (including phenoxy) is 2. The van der Waals surface area contributed by atoms with Crippen molar-refractivity contribution in [2.45, 2.75) is 0 Å². The summed E-state index contributed by atoms with van der Waals surface area (Å²) in [4.78, 5) is 28.2. The molecule has 2 N–H and O–H groups in total. The fourth-order valence-corrected chi connectivity index (χ4v) is 2.29. The van der Waals surface area contributed by atoms with Gasteiger partial charge in [0.25, 0.3) is 5.56 Å². The van der Waals surface area contributed by atoms with Crippen molar-refractivity contribution in [1.29, 1.82) is 0 Å². The third kappa shape index (κ3) is 2.84. The Hall–Kier alpha value is -2.49. The molecule has 0 fully saturated rings. The first-order chi connectivity index (χ1) is 9.76. The number of hydrogen-bond acceptors (Lipinski definition) is 6. The lowest BCUT2D eigenvalue weighted by atomic mass is 10.2. The average Bonchev–Trinajstić information content (AvgIpc) is 2.41. The van der Waals surface area contributed by atoms with Crippen LogP contribution < -0.4 is 25.6 Å². The highest BCUT2D eigenvalue weighted by Crippen LogP contribution is 2.29. The van der Waals surface area contributed by atoms with Gasteiger partial charge in [-0.05, 0) is 6.07 Å². The van der Waals surface area contributed by atoms with Crippen LogP contribution in [0.3, 0.4) is 0 Å². The molecule has 2 rings (SSSR count). The van der Waals surface area contributed by atoms with Gasteiger partial charge < -0.3 is 14.5 Å². The SMILES string of the molecule is COc1cc2[nH]c(=O)n(NS(C)(=O)=O)c(=O)c2cc1OC. The van der Waals surface area contributed by atoms with Crippen molar-refractivity contribution in [2.24, 2.45) is 0 Å². The zero-order valence-corrected chi connectivity index (χ0v) is 12.3. The zero-order chi connectivity index (χ0) is 15.8. The second kappa shape index (κ2) is 5.13. The number of sulfonamides is 1. The van der Waals surface area contributed by atoms with E-state index in [0.29, 0.717) is 10.4 Å². The van der Waals surface area contributed by atoms with E-state index in [1.165, 1.54) is 26.4 Å². The number of nitrogens with zero attached hydrogens (tertiary/aromatic N) is 1. The Morgan fingerprint density at radius 2 is 1.71 bits per heavy atom. The lowest BCUT2D eigenvalue weighted by Crippen LogP contribution is -2.43. The molecule has 0 saturated heterocycles. The third-order valence-corrected chi connectivity index (χ3v) is 3.17. The van der Waals surface area contributed by atoms with Crippen LogP contribution in [0.15, 0.2) is 21.7 Å². The number of benzene rings is 1. The Balaban J connectivity index is 2.83. The molecular formula is C11H13N3O6S. The summed E-state index contributed by atoms with van der Waals surface area (Å²) in [6.45, 7) is 0. The minimum atomic E-state index is -3.78. The number of methoxy groups -OCH3 is 2. The average molecular weight is 315 g/mol. The third-order valence-electron chi connectivity index (χ3n) is 2.66. The van der Waals surface area contributed by atoms with E-state index in [1.54, 1.807) is 0 Å². The largest absolute Gasteiger partial charge is 0.493 e. The summed E-state index contributed by atoms with van der Waals surface area (Å²) < 4.78 is 32.9. The molecular weight excluding hydrogens is 302 g/mol. The molecule has 0 unspecified atom stereocenters. The topological polar surface area (TPSA) is 119 Å². The molecule has 1 heterocycles. The van der Waals surface area contributed by atoms with Gasteiger partial charge in [-0.2, -0.15) is 4.68 Å². The molecule has 0 saturated carbocycles. The maximum atomic E-state index is 12.2. The summed E-state index contributed by atoms with van der Waals surface area (Å²) in [5.74, 6) is 0.605. The fourth-order valence-electron chi connectivity index (χ4n) is 1.79. The van der Waals surface area contributed by atoms with Gasteiger partial charge in [0, 0.05) is 6.07 Å². The lowest BCUT2D eigenvalue weighted by Gasteiger charge is -2.10. The molecule has 0 aliphatic carbocycles. The Morgan fingerprint density at radius 1 is 1.14 bits per heavy atom. The monoisotopic (exact) mass is 315 g/mol. The van der Waals surface area contributed by atoms with Gasteiger partial charge in [-0.25, -0.2) is 18.0 Å². The lowest BCUT2D eigenvalue weighted by molar-refractivity contribution is 0.355. The molecule has 0 radical (unpaired) electrons. The smallest absolute Gasteiger partial charge is 0.348 e. The zero-order valence-electron chi connectivity index (χ0n) is 11.5. The summed E-state index contributed by atoms with van der Waals surface area (Å²) in [7, 11) is -0.980. The van der Waals surface area contributed by atoms with Crippen molar-refractivity contribution in [1.82, 2.24) is 9.66 Å². The number of H-pyrrole nitrogens is 1. The standard InChI is InChI=1S/C11H13N3O6S/c1-19-8-4-6-7(5-9(8)20-2)12-11(16)14(10(6)15)13-21(3,17)18/h4-5,13H,1-3H3,(H,12,16). The minimum absolute atomic E-state index is 0.0726. The van der Waals surface area contributed by atoms with Crippen molar-refractivity contribution in [3.63, 3.8) is 0 Å². The molecule has 0 bridgehead atoms. The van der Waals surface area contributed by atoms with E-state index < -0.39 is 21.3 Å². The molecule has 0 aliphatic rings. The van der Waals surface area contributed by atoms with E-state index in [4.69, 9.17) is 9.47 Å². The molecule has 0 atom stereocenters. The normalized spacial score (nSPS) is 11.4. The molecule has 0 amide bonds. The van der Waals surface area contributed by atoms with Crippen molar-refractivity contribution in [2.75, 3.05) is 25.3 Å². The number of nitrogens with one attached hydrogen (secondary N) is 2. The van der Waals surface area contributed by atoms with Crippen LogP contribution in [0.25, 0.3) is 10.9 Å². The predicted molar refractivity (Wildman–Crippen MR) is 76.1 cm³/mol. The highest BCUT2D eigenvalue weighted by atomic mass is 32.2. The van der Waals surface area contributed by atoms with Crippen LogP contribution in [-0.2, 0) is 10.0 Å². The second-order valence-electron chi connectivity index (χ2n) is 4.19. The number of aromatic amines is 1. The highest BCUT2D eigenvalue weighted by Gasteiger charge is 2.14. The quantitative estimate of drug-likeness (QED) is 0.763. The number of fused-ring (bicyclic) bond motifs is 1. The summed E-state index contributed by atoms with van der Waals surface area (Å²) >= 11 is 0. The van der Waals surface area contributed by atoms with Crippen LogP contribution in [-0.4, -0.2) is 38.6 Å². The molecule has 10 heteroatoms. The van der Waals surface area contributed by atoms with Gasteiger partial charge in [0.05, 0.1) is 31.4 Å². The Bertz CT molecular complexity index is 912. The molecule has 1 aromatic heterocycles. The number of aromatic nitrogens is 2. The minimum Gasteiger partial charge on any atom is -0.493 e. The van der Waals surface area contributed by atoms with E-state index >= 15 is 0 Å².